The van der Waals surface area contributed by atoms with Crippen molar-refractivity contribution in [2.75, 3.05) is 20.3 Å². The van der Waals surface area contributed by atoms with Gasteiger partial charge < -0.3 is 14.2 Å². The summed E-state index contributed by atoms with van der Waals surface area (Å²) >= 11 is 0. The largest absolute Gasteiger partial charge is 0.494 e. The first-order chi connectivity index (χ1) is 10.2. The topological polar surface area (TPSA) is 58.4 Å². The first-order valence-corrected chi connectivity index (χ1v) is 6.69. The number of ether oxygens (including phenoxy) is 3. The normalized spacial score (nSPS) is 11.1. The zero-order chi connectivity index (χ0) is 15.2. The molecule has 0 N–H and O–H groups in total. The van der Waals surface area contributed by atoms with Crippen molar-refractivity contribution in [1.29, 1.82) is 0 Å². The summed E-state index contributed by atoms with van der Waals surface area (Å²) in [6.07, 6.45) is 1.08. The van der Waals surface area contributed by atoms with Crippen molar-refractivity contribution in [2.24, 2.45) is 0 Å². The van der Waals surface area contributed by atoms with Crippen LogP contribution in [0.2, 0.25) is 0 Å². The number of methoxy groups -OCH3 is 1. The fourth-order valence-corrected chi connectivity index (χ4v) is 1.83. The minimum absolute atomic E-state index is 0.181. The molecule has 1 aromatic heterocycles. The Labute approximate surface area is 122 Å². The highest BCUT2D eigenvalue weighted by Gasteiger charge is 2.16. The minimum Gasteiger partial charge on any atom is -0.494 e. The lowest BCUT2D eigenvalue weighted by molar-refractivity contribution is -0.142. The summed E-state index contributed by atoms with van der Waals surface area (Å²) in [6, 6.07) is 4.55. The molecule has 0 bridgehead atoms. The third kappa shape index (κ3) is 3.56. The lowest BCUT2D eigenvalue weighted by Gasteiger charge is -2.13. The number of hydrogen-bond acceptors (Lipinski definition) is 5. The lowest BCUT2D eigenvalue weighted by Crippen LogP contribution is -2.09. The van der Waals surface area contributed by atoms with Crippen molar-refractivity contribution in [1.82, 2.24) is 15.0 Å². The molecule has 114 valence electrons. The number of benzene rings is 1. The lowest BCUT2D eigenvalue weighted by atomic mass is 10.3. The molecule has 0 fully saturated rings. The van der Waals surface area contributed by atoms with Crippen LogP contribution in [0, 0.1) is 5.82 Å². The Bertz CT molecular complexity index is 583. The van der Waals surface area contributed by atoms with Gasteiger partial charge in [0, 0.05) is 19.3 Å². The van der Waals surface area contributed by atoms with Crippen LogP contribution in [0.1, 0.15) is 25.8 Å². The molecular weight excluding hydrogens is 277 g/mol. The second-order valence-electron chi connectivity index (χ2n) is 4.15. The van der Waals surface area contributed by atoms with Crippen molar-refractivity contribution in [3.63, 3.8) is 0 Å². The second-order valence-corrected chi connectivity index (χ2v) is 4.15. The molecule has 0 saturated heterocycles. The zero-order valence-corrected chi connectivity index (χ0v) is 12.2. The molecule has 21 heavy (non-hydrogen) atoms. The molecule has 0 aliphatic carbocycles. The average molecular weight is 295 g/mol. The summed E-state index contributed by atoms with van der Waals surface area (Å²) in [5.41, 5.74) is 1.08. The van der Waals surface area contributed by atoms with Crippen LogP contribution in [0.5, 0.6) is 5.75 Å². The van der Waals surface area contributed by atoms with Gasteiger partial charge in [-0.3, -0.25) is 0 Å². The van der Waals surface area contributed by atoms with Crippen LogP contribution in [-0.2, 0) is 9.47 Å². The zero-order valence-electron chi connectivity index (χ0n) is 12.2. The summed E-state index contributed by atoms with van der Waals surface area (Å²) < 4.78 is 30.9. The van der Waals surface area contributed by atoms with E-state index in [1.807, 2.05) is 13.8 Å². The van der Waals surface area contributed by atoms with Gasteiger partial charge in [0.15, 0.2) is 11.6 Å². The van der Waals surface area contributed by atoms with Crippen molar-refractivity contribution in [2.45, 2.75) is 20.1 Å². The molecule has 0 aliphatic heterocycles. The number of hydrogen-bond donors (Lipinski definition) is 0. The van der Waals surface area contributed by atoms with Crippen molar-refractivity contribution in [3.05, 3.63) is 35.9 Å². The molecule has 0 saturated carbocycles. The third-order valence-electron chi connectivity index (χ3n) is 2.79. The van der Waals surface area contributed by atoms with E-state index in [0.29, 0.717) is 24.6 Å². The van der Waals surface area contributed by atoms with Crippen LogP contribution in [-0.4, -0.2) is 35.3 Å². The Balaban J connectivity index is 2.24. The molecule has 1 heterocycles. The fourth-order valence-electron chi connectivity index (χ4n) is 1.83. The monoisotopic (exact) mass is 295 g/mol. The highest BCUT2D eigenvalue weighted by molar-refractivity contribution is 5.38. The predicted octanol–water partition coefficient (Wildman–Crippen LogP) is 2.49. The number of rotatable bonds is 7. The van der Waals surface area contributed by atoms with Crippen LogP contribution in [0.25, 0.3) is 5.69 Å². The molecule has 0 spiro atoms. The molecule has 1 aromatic carbocycles. The van der Waals surface area contributed by atoms with Crippen LogP contribution in [0.15, 0.2) is 24.4 Å². The molecule has 2 aromatic rings. The van der Waals surface area contributed by atoms with E-state index in [9.17, 15) is 4.39 Å². The molecule has 2 rings (SSSR count). The molecular formula is C14H18FN3O3. The molecule has 0 unspecified atom stereocenters. The molecule has 0 aliphatic rings. The van der Waals surface area contributed by atoms with E-state index in [1.165, 1.54) is 23.9 Å². The van der Waals surface area contributed by atoms with Crippen molar-refractivity contribution in [3.8, 4) is 11.4 Å². The Morgan fingerprint density at radius 1 is 1.24 bits per heavy atom. The van der Waals surface area contributed by atoms with Crippen LogP contribution in [0.4, 0.5) is 4.39 Å². The van der Waals surface area contributed by atoms with Gasteiger partial charge in [0.2, 0.25) is 6.29 Å². The van der Waals surface area contributed by atoms with E-state index in [1.54, 1.807) is 12.3 Å². The van der Waals surface area contributed by atoms with Gasteiger partial charge in [0.25, 0.3) is 0 Å². The summed E-state index contributed by atoms with van der Waals surface area (Å²) in [5.74, 6) is -0.279. The first kappa shape index (κ1) is 15.4. The van der Waals surface area contributed by atoms with Gasteiger partial charge in [-0.05, 0) is 26.0 Å². The number of nitrogens with zero attached hydrogens (tertiary/aromatic N) is 3. The average Bonchev–Trinajstić information content (AvgIpc) is 2.96. The first-order valence-electron chi connectivity index (χ1n) is 6.69. The van der Waals surface area contributed by atoms with Gasteiger partial charge in [-0.15, -0.1) is 5.10 Å². The highest BCUT2D eigenvalue weighted by Crippen LogP contribution is 2.21. The van der Waals surface area contributed by atoms with Crippen LogP contribution >= 0.6 is 0 Å². The van der Waals surface area contributed by atoms with Gasteiger partial charge in [-0.1, -0.05) is 5.21 Å². The molecule has 7 heteroatoms. The van der Waals surface area contributed by atoms with Crippen LogP contribution < -0.4 is 4.74 Å². The quantitative estimate of drug-likeness (QED) is 0.734. The maximum Gasteiger partial charge on any atom is 0.204 e. The number of aromatic nitrogens is 3. The summed E-state index contributed by atoms with van der Waals surface area (Å²) in [7, 11) is 1.42. The molecule has 6 nitrogen and oxygen atoms in total. The van der Waals surface area contributed by atoms with E-state index in [0.717, 1.165) is 0 Å². The number of halogens is 1. The molecule has 0 amide bonds. The Kier molecular flexibility index (Phi) is 5.24. The van der Waals surface area contributed by atoms with E-state index >= 15 is 0 Å². The maximum atomic E-state index is 13.7. The van der Waals surface area contributed by atoms with Gasteiger partial charge in [0.05, 0.1) is 19.0 Å². The van der Waals surface area contributed by atoms with E-state index in [2.05, 4.69) is 10.3 Å². The summed E-state index contributed by atoms with van der Waals surface area (Å²) in [4.78, 5) is 0. The minimum atomic E-state index is -0.572. The SMILES string of the molecule is CCOC(OCC)c1cn(-c2ccc(OC)c(F)c2)nn1. The summed E-state index contributed by atoms with van der Waals surface area (Å²) in [5, 5.41) is 7.98. The Morgan fingerprint density at radius 2 is 1.95 bits per heavy atom. The second kappa shape index (κ2) is 7.14. The fraction of sp³-hybridized carbons (Fsp3) is 0.429. The smallest absolute Gasteiger partial charge is 0.204 e. The maximum absolute atomic E-state index is 13.7. The third-order valence-corrected chi connectivity index (χ3v) is 2.79. The van der Waals surface area contributed by atoms with E-state index in [-0.39, 0.29) is 5.75 Å². The highest BCUT2D eigenvalue weighted by atomic mass is 19.1. The molecule has 0 radical (unpaired) electrons. The summed E-state index contributed by atoms with van der Waals surface area (Å²) in [6.45, 7) is 4.73. The Morgan fingerprint density at radius 3 is 2.52 bits per heavy atom. The van der Waals surface area contributed by atoms with Gasteiger partial charge in [-0.2, -0.15) is 0 Å². The van der Waals surface area contributed by atoms with Crippen molar-refractivity contribution >= 4 is 0 Å². The van der Waals surface area contributed by atoms with Gasteiger partial charge in [-0.25, -0.2) is 9.07 Å². The predicted molar refractivity (Wildman–Crippen MR) is 73.9 cm³/mol. The van der Waals surface area contributed by atoms with Gasteiger partial charge in [0.1, 0.15) is 5.69 Å². The van der Waals surface area contributed by atoms with Gasteiger partial charge >= 0.3 is 0 Å². The Hall–Kier alpha value is -1.99. The van der Waals surface area contributed by atoms with Crippen LogP contribution in [0.3, 0.4) is 0 Å². The van der Waals surface area contributed by atoms with E-state index < -0.39 is 12.1 Å². The molecule has 0 atom stereocenters. The van der Waals surface area contributed by atoms with E-state index in [4.69, 9.17) is 14.2 Å². The van der Waals surface area contributed by atoms with Crippen molar-refractivity contribution < 1.29 is 18.6 Å². The standard InChI is InChI=1S/C14H18FN3O3/c1-4-20-14(21-5-2)12-9-18(17-16-12)10-6-7-13(19-3)11(15)8-10/h6-9,14H,4-5H2,1-3H3.